The number of methoxy groups -OCH3 is 2. The fraction of sp³-hybridized carbons (Fsp3) is 0.308. The average Bonchev–Trinajstić information content (AvgIpc) is 3.20. The Morgan fingerprint density at radius 1 is 1.13 bits per heavy atom. The quantitative estimate of drug-likeness (QED) is 0.196. The van der Waals surface area contributed by atoms with Crippen LogP contribution in [-0.2, 0) is 16.0 Å². The molecule has 2 N–H and O–H groups in total. The van der Waals surface area contributed by atoms with Gasteiger partial charge in [-0.1, -0.05) is 36.1 Å². The van der Waals surface area contributed by atoms with Crippen LogP contribution >= 0.6 is 24.0 Å². The number of benzene rings is 1. The van der Waals surface area contributed by atoms with Gasteiger partial charge in [0.15, 0.2) is 11.5 Å². The summed E-state index contributed by atoms with van der Waals surface area (Å²) in [5.74, 6) is 1.31. The highest BCUT2D eigenvalue weighted by Gasteiger charge is 2.32. The van der Waals surface area contributed by atoms with Crippen LogP contribution < -0.4 is 20.3 Å². The van der Waals surface area contributed by atoms with Gasteiger partial charge in [-0.05, 0) is 42.3 Å². The lowest BCUT2D eigenvalue weighted by molar-refractivity contribution is -0.122. The maximum Gasteiger partial charge on any atom is 0.267 e. The summed E-state index contributed by atoms with van der Waals surface area (Å²) in [5.41, 5.74) is 1.37. The molecule has 1 aliphatic heterocycles. The number of ether oxygens (including phenoxy) is 3. The number of thioether (sulfide) groups is 1. The lowest BCUT2D eigenvalue weighted by Crippen LogP contribution is -2.30. The fourth-order valence-corrected chi connectivity index (χ4v) is 5.17. The Hall–Kier alpha value is -3.45. The van der Waals surface area contributed by atoms with Gasteiger partial charge in [-0.2, -0.15) is 0 Å². The Bertz CT molecular complexity index is 1420. The van der Waals surface area contributed by atoms with Crippen molar-refractivity contribution in [3.63, 3.8) is 0 Å². The van der Waals surface area contributed by atoms with Gasteiger partial charge in [0.25, 0.3) is 11.5 Å². The number of rotatable bonds is 12. The second-order valence-corrected chi connectivity index (χ2v) is 9.82. The number of carbonyl (C=O) groups is 1. The number of pyridine rings is 1. The number of amides is 1. The van der Waals surface area contributed by atoms with Crippen molar-refractivity contribution in [3.05, 3.63) is 69.0 Å². The SMILES string of the molecule is COc1ccc(CCN2C(=O)C(=Cc3c(NCCOCCO)nc4ccccn4c3=O)SC2=S)cc1OC. The first-order chi connectivity index (χ1) is 18.5. The van der Waals surface area contributed by atoms with Gasteiger partial charge in [-0.25, -0.2) is 4.98 Å². The Morgan fingerprint density at radius 3 is 2.71 bits per heavy atom. The van der Waals surface area contributed by atoms with Crippen molar-refractivity contribution < 1.29 is 24.1 Å². The molecule has 12 heteroatoms. The number of aliphatic hydroxyl groups excluding tert-OH is 1. The second kappa shape index (κ2) is 12.9. The van der Waals surface area contributed by atoms with Crippen LogP contribution in [0.3, 0.4) is 0 Å². The van der Waals surface area contributed by atoms with Crippen molar-refractivity contribution in [1.29, 1.82) is 0 Å². The summed E-state index contributed by atoms with van der Waals surface area (Å²) < 4.78 is 17.8. The molecule has 0 saturated carbocycles. The van der Waals surface area contributed by atoms with E-state index in [1.54, 1.807) is 44.7 Å². The third kappa shape index (κ3) is 6.16. The third-order valence-electron chi connectivity index (χ3n) is 5.76. The number of aliphatic hydroxyl groups is 1. The van der Waals surface area contributed by atoms with Crippen LogP contribution in [-0.4, -0.2) is 76.7 Å². The first-order valence-electron chi connectivity index (χ1n) is 11.9. The van der Waals surface area contributed by atoms with Crippen molar-refractivity contribution in [1.82, 2.24) is 14.3 Å². The molecule has 1 fully saturated rings. The van der Waals surface area contributed by atoms with Crippen LogP contribution in [0, 0.1) is 0 Å². The maximum atomic E-state index is 13.4. The highest BCUT2D eigenvalue weighted by atomic mass is 32.2. The zero-order valence-corrected chi connectivity index (χ0v) is 22.6. The van der Waals surface area contributed by atoms with Crippen molar-refractivity contribution in [2.24, 2.45) is 0 Å². The van der Waals surface area contributed by atoms with Crippen molar-refractivity contribution >= 4 is 51.7 Å². The fourth-order valence-electron chi connectivity index (χ4n) is 3.88. The van der Waals surface area contributed by atoms with E-state index in [1.807, 2.05) is 18.2 Å². The van der Waals surface area contributed by atoms with Gasteiger partial charge in [-0.3, -0.25) is 18.9 Å². The molecule has 3 heterocycles. The van der Waals surface area contributed by atoms with Gasteiger partial charge in [-0.15, -0.1) is 0 Å². The Morgan fingerprint density at radius 2 is 1.95 bits per heavy atom. The van der Waals surface area contributed by atoms with Gasteiger partial charge in [0, 0.05) is 19.3 Å². The summed E-state index contributed by atoms with van der Waals surface area (Å²) in [7, 11) is 3.15. The molecule has 0 spiro atoms. The molecule has 1 aromatic carbocycles. The van der Waals surface area contributed by atoms with Crippen LogP contribution in [0.25, 0.3) is 11.7 Å². The lowest BCUT2D eigenvalue weighted by atomic mass is 10.1. The third-order valence-corrected chi connectivity index (χ3v) is 7.14. The number of aromatic nitrogens is 2. The molecule has 0 bridgehead atoms. The molecule has 0 radical (unpaired) electrons. The van der Waals surface area contributed by atoms with E-state index in [1.165, 1.54) is 9.30 Å². The van der Waals surface area contributed by atoms with E-state index in [-0.39, 0.29) is 30.2 Å². The number of fused-ring (bicyclic) bond motifs is 1. The predicted molar refractivity (Wildman–Crippen MR) is 151 cm³/mol. The van der Waals surface area contributed by atoms with Crippen LogP contribution in [0.4, 0.5) is 5.82 Å². The first-order valence-corrected chi connectivity index (χ1v) is 13.1. The van der Waals surface area contributed by atoms with Crippen molar-refractivity contribution in [2.45, 2.75) is 6.42 Å². The van der Waals surface area contributed by atoms with Crippen LogP contribution in [0.1, 0.15) is 11.1 Å². The van der Waals surface area contributed by atoms with Gasteiger partial charge in [0.1, 0.15) is 15.8 Å². The summed E-state index contributed by atoms with van der Waals surface area (Å²) in [4.78, 5) is 33.1. The maximum absolute atomic E-state index is 13.4. The number of hydrogen-bond acceptors (Lipinski definition) is 10. The van der Waals surface area contributed by atoms with Crippen molar-refractivity contribution in [2.75, 3.05) is 52.4 Å². The summed E-state index contributed by atoms with van der Waals surface area (Å²) in [6.07, 6.45) is 3.73. The number of nitrogens with one attached hydrogen (secondary N) is 1. The van der Waals surface area contributed by atoms with E-state index in [0.29, 0.717) is 58.3 Å². The van der Waals surface area contributed by atoms with Gasteiger partial charge >= 0.3 is 0 Å². The molecule has 2 aromatic heterocycles. The molecule has 1 amide bonds. The lowest BCUT2D eigenvalue weighted by Gasteiger charge is -2.15. The van der Waals surface area contributed by atoms with Gasteiger partial charge in [0.05, 0.1) is 44.5 Å². The monoisotopic (exact) mass is 556 g/mol. The molecular weight excluding hydrogens is 528 g/mol. The van der Waals surface area contributed by atoms with Crippen molar-refractivity contribution in [3.8, 4) is 11.5 Å². The van der Waals surface area contributed by atoms with E-state index >= 15 is 0 Å². The van der Waals surface area contributed by atoms with E-state index in [9.17, 15) is 9.59 Å². The Balaban J connectivity index is 1.57. The Labute approximate surface area is 229 Å². The van der Waals surface area contributed by atoms with E-state index in [4.69, 9.17) is 31.5 Å². The molecular formula is C26H28N4O6S2. The zero-order valence-electron chi connectivity index (χ0n) is 21.0. The van der Waals surface area contributed by atoms with E-state index in [2.05, 4.69) is 10.3 Å². The predicted octanol–water partition coefficient (Wildman–Crippen LogP) is 2.58. The van der Waals surface area contributed by atoms with Crippen LogP contribution in [0.2, 0.25) is 0 Å². The number of thiocarbonyl (C=S) groups is 1. The molecule has 0 atom stereocenters. The zero-order chi connectivity index (χ0) is 27.1. The summed E-state index contributed by atoms with van der Waals surface area (Å²) in [5, 5.41) is 12.0. The first kappa shape index (κ1) is 27.6. The minimum atomic E-state index is -0.315. The standard InChI is InChI=1S/C26H28N4O6S2/c1-34-19-7-6-17(15-20(19)35-2)8-11-30-25(33)21(38-26(30)37)16-18-23(27-9-13-36-14-12-31)28-22-5-3-4-10-29(22)24(18)32/h3-7,10,15-16,27,31H,8-9,11-14H2,1-2H3. The number of carbonyl (C=O) groups excluding carboxylic acids is 1. The molecule has 1 aliphatic rings. The minimum absolute atomic E-state index is 0.0747. The summed E-state index contributed by atoms with van der Waals surface area (Å²) in [6, 6.07) is 10.9. The van der Waals surface area contributed by atoms with Gasteiger partial charge in [0.2, 0.25) is 0 Å². The highest BCUT2D eigenvalue weighted by Crippen LogP contribution is 2.34. The average molecular weight is 557 g/mol. The molecule has 3 aromatic rings. The summed E-state index contributed by atoms with van der Waals surface area (Å²) in [6.45, 7) is 1.19. The molecule has 4 rings (SSSR count). The molecule has 1 saturated heterocycles. The molecule has 10 nitrogen and oxygen atoms in total. The second-order valence-electron chi connectivity index (χ2n) is 8.14. The minimum Gasteiger partial charge on any atom is -0.493 e. The van der Waals surface area contributed by atoms with E-state index in [0.717, 1.165) is 17.3 Å². The number of anilines is 1. The molecule has 0 unspecified atom stereocenters. The van der Waals surface area contributed by atoms with Crippen LogP contribution in [0.5, 0.6) is 11.5 Å². The smallest absolute Gasteiger partial charge is 0.267 e. The number of hydrogen-bond donors (Lipinski definition) is 2. The topological polar surface area (TPSA) is 115 Å². The van der Waals surface area contributed by atoms with E-state index < -0.39 is 0 Å². The molecule has 0 aliphatic carbocycles. The summed E-state index contributed by atoms with van der Waals surface area (Å²) >= 11 is 6.65. The largest absolute Gasteiger partial charge is 0.493 e. The van der Waals surface area contributed by atoms with Gasteiger partial charge < -0.3 is 24.6 Å². The Kier molecular flexibility index (Phi) is 9.34. The highest BCUT2D eigenvalue weighted by molar-refractivity contribution is 8.26. The normalized spacial score (nSPS) is 14.5. The molecule has 200 valence electrons. The van der Waals surface area contributed by atoms with Crippen LogP contribution in [0.15, 0.2) is 52.3 Å². The molecule has 38 heavy (non-hydrogen) atoms. The number of nitrogens with zero attached hydrogens (tertiary/aromatic N) is 3.